The van der Waals surface area contributed by atoms with Crippen LogP contribution in [0.3, 0.4) is 0 Å². The van der Waals surface area contributed by atoms with Crippen LogP contribution >= 0.6 is 11.6 Å². The summed E-state index contributed by atoms with van der Waals surface area (Å²) in [4.78, 5) is 10.9. The van der Waals surface area contributed by atoms with Crippen LogP contribution in [-0.4, -0.2) is 41.1 Å². The molecule has 1 aromatic rings. The molecule has 0 amide bonds. The van der Waals surface area contributed by atoms with Crippen molar-refractivity contribution in [2.24, 2.45) is 0 Å². The Hall–Kier alpha value is -0.870. The Bertz CT molecular complexity index is 388. The zero-order valence-electron chi connectivity index (χ0n) is 11.0. The van der Waals surface area contributed by atoms with Crippen LogP contribution in [0.25, 0.3) is 0 Å². The lowest BCUT2D eigenvalue weighted by Crippen LogP contribution is -2.47. The molecule has 0 N–H and O–H groups in total. The van der Waals surface area contributed by atoms with Crippen molar-refractivity contribution in [2.75, 3.05) is 23.9 Å². The molecule has 5 heteroatoms. The third-order valence-corrected chi connectivity index (χ3v) is 3.38. The molecule has 1 aliphatic heterocycles. The van der Waals surface area contributed by atoms with Gasteiger partial charge in [-0.05, 0) is 13.3 Å². The zero-order valence-corrected chi connectivity index (χ0v) is 11.7. The second-order valence-corrected chi connectivity index (χ2v) is 5.05. The number of hydrogen-bond donors (Lipinski definition) is 0. The molecule has 0 bridgehead atoms. The lowest BCUT2D eigenvalue weighted by atomic mass is 10.2. The van der Waals surface area contributed by atoms with Gasteiger partial charge in [0.05, 0.1) is 18.1 Å². The Labute approximate surface area is 113 Å². The summed E-state index contributed by atoms with van der Waals surface area (Å²) in [6.07, 6.45) is 4.01. The molecule has 0 aliphatic carbocycles. The first kappa shape index (κ1) is 13.6. The molecule has 2 rings (SSSR count). The van der Waals surface area contributed by atoms with E-state index in [1.807, 2.05) is 0 Å². The highest BCUT2D eigenvalue weighted by atomic mass is 35.5. The fraction of sp³-hybridized carbons (Fsp3) is 0.692. The van der Waals surface area contributed by atoms with Gasteiger partial charge in [0.1, 0.15) is 12.1 Å². The number of rotatable bonds is 4. The summed E-state index contributed by atoms with van der Waals surface area (Å²) < 4.78 is 5.75. The number of alkyl halides is 1. The molecular weight excluding hydrogens is 250 g/mol. The average Bonchev–Trinajstić information content (AvgIpc) is 2.39. The highest BCUT2D eigenvalue weighted by Gasteiger charge is 2.25. The van der Waals surface area contributed by atoms with Gasteiger partial charge >= 0.3 is 0 Å². The maximum atomic E-state index is 5.90. The van der Waals surface area contributed by atoms with Crippen LogP contribution in [0.4, 0.5) is 5.82 Å². The summed E-state index contributed by atoms with van der Waals surface area (Å²) in [6, 6.07) is 2.08. The summed E-state index contributed by atoms with van der Waals surface area (Å²) in [5.74, 6) is 1.51. The van der Waals surface area contributed by atoms with Gasteiger partial charge in [-0.3, -0.25) is 0 Å². The van der Waals surface area contributed by atoms with Gasteiger partial charge < -0.3 is 9.64 Å². The highest BCUT2D eigenvalue weighted by Crippen LogP contribution is 2.19. The van der Waals surface area contributed by atoms with E-state index in [1.165, 1.54) is 0 Å². The first-order chi connectivity index (χ1) is 8.72. The molecule has 100 valence electrons. The molecule has 1 aromatic heterocycles. The van der Waals surface area contributed by atoms with Crippen molar-refractivity contribution >= 4 is 17.4 Å². The fourth-order valence-electron chi connectivity index (χ4n) is 2.27. The van der Waals surface area contributed by atoms with Crippen LogP contribution in [0.15, 0.2) is 12.4 Å². The van der Waals surface area contributed by atoms with Gasteiger partial charge in [-0.15, -0.1) is 11.6 Å². The minimum absolute atomic E-state index is 0.0833. The first-order valence-corrected chi connectivity index (χ1v) is 7.03. The van der Waals surface area contributed by atoms with Crippen molar-refractivity contribution in [3.05, 3.63) is 18.1 Å². The number of aryl methyl sites for hydroxylation is 1. The normalized spacial score (nSPS) is 24.3. The van der Waals surface area contributed by atoms with Crippen molar-refractivity contribution < 1.29 is 4.74 Å². The topological polar surface area (TPSA) is 38.2 Å². The second kappa shape index (κ2) is 6.34. The van der Waals surface area contributed by atoms with Crippen molar-refractivity contribution in [3.8, 4) is 0 Å². The minimum Gasteiger partial charge on any atom is -0.370 e. The Morgan fingerprint density at radius 3 is 3.00 bits per heavy atom. The van der Waals surface area contributed by atoms with Crippen molar-refractivity contribution in [1.29, 1.82) is 0 Å². The van der Waals surface area contributed by atoms with Gasteiger partial charge in [-0.1, -0.05) is 13.3 Å². The molecule has 2 unspecified atom stereocenters. The summed E-state index contributed by atoms with van der Waals surface area (Å²) in [5, 5.41) is 0. The van der Waals surface area contributed by atoms with E-state index in [4.69, 9.17) is 16.3 Å². The lowest BCUT2D eigenvalue weighted by Gasteiger charge is -2.36. The molecule has 0 aromatic carbocycles. The predicted octanol–water partition coefficient (Wildman–Crippen LogP) is 2.26. The van der Waals surface area contributed by atoms with Gasteiger partial charge in [0.15, 0.2) is 0 Å². The van der Waals surface area contributed by atoms with Gasteiger partial charge in [0.25, 0.3) is 0 Å². The molecule has 4 nitrogen and oxygen atoms in total. The smallest absolute Gasteiger partial charge is 0.132 e. The van der Waals surface area contributed by atoms with Crippen molar-refractivity contribution in [3.63, 3.8) is 0 Å². The molecular formula is C13H20ClN3O. The molecule has 1 fully saturated rings. The van der Waals surface area contributed by atoms with Crippen LogP contribution in [0.1, 0.15) is 26.0 Å². The molecule has 2 heterocycles. The summed E-state index contributed by atoms with van der Waals surface area (Å²) in [5.41, 5.74) is 1.10. The minimum atomic E-state index is 0.0833. The van der Waals surface area contributed by atoms with Gasteiger partial charge in [0.2, 0.25) is 0 Å². The van der Waals surface area contributed by atoms with Crippen molar-refractivity contribution in [1.82, 2.24) is 9.97 Å². The summed E-state index contributed by atoms with van der Waals surface area (Å²) >= 11 is 5.90. The maximum absolute atomic E-state index is 5.90. The number of morpholine rings is 1. The number of aromatic nitrogens is 2. The standard InChI is InChI=1S/C13H20ClN3O/c1-3-4-11-5-13(16-9-15-11)17-7-10(2)18-12(6-14)8-17/h5,9-10,12H,3-4,6-8H2,1-2H3. The third-order valence-electron chi connectivity index (χ3n) is 3.04. The van der Waals surface area contributed by atoms with Crippen LogP contribution in [0.2, 0.25) is 0 Å². The quantitative estimate of drug-likeness (QED) is 0.786. The van der Waals surface area contributed by atoms with Crippen LogP contribution in [-0.2, 0) is 11.2 Å². The van der Waals surface area contributed by atoms with Crippen LogP contribution < -0.4 is 4.90 Å². The zero-order chi connectivity index (χ0) is 13.0. The number of anilines is 1. The average molecular weight is 270 g/mol. The maximum Gasteiger partial charge on any atom is 0.132 e. The lowest BCUT2D eigenvalue weighted by molar-refractivity contribution is -0.00358. The Morgan fingerprint density at radius 1 is 1.44 bits per heavy atom. The van der Waals surface area contributed by atoms with E-state index in [0.717, 1.165) is 37.4 Å². The van der Waals surface area contributed by atoms with Gasteiger partial charge in [-0.25, -0.2) is 9.97 Å². The predicted molar refractivity (Wildman–Crippen MR) is 73.3 cm³/mol. The highest BCUT2D eigenvalue weighted by molar-refractivity contribution is 6.18. The molecule has 0 saturated carbocycles. The molecule has 18 heavy (non-hydrogen) atoms. The first-order valence-electron chi connectivity index (χ1n) is 6.50. The summed E-state index contributed by atoms with van der Waals surface area (Å²) in [6.45, 7) is 5.88. The van der Waals surface area contributed by atoms with E-state index in [0.29, 0.717) is 5.88 Å². The molecule has 0 spiro atoms. The van der Waals surface area contributed by atoms with E-state index in [9.17, 15) is 0 Å². The number of ether oxygens (including phenoxy) is 1. The second-order valence-electron chi connectivity index (χ2n) is 4.75. The van der Waals surface area contributed by atoms with E-state index >= 15 is 0 Å². The van der Waals surface area contributed by atoms with E-state index in [1.54, 1.807) is 6.33 Å². The Kier molecular flexibility index (Phi) is 4.78. The SMILES string of the molecule is CCCc1cc(N2CC(C)OC(CCl)C2)ncn1. The van der Waals surface area contributed by atoms with E-state index < -0.39 is 0 Å². The van der Waals surface area contributed by atoms with Crippen LogP contribution in [0.5, 0.6) is 0 Å². The molecule has 0 radical (unpaired) electrons. The Balaban J connectivity index is 2.11. The third kappa shape index (κ3) is 3.33. The number of nitrogens with zero attached hydrogens (tertiary/aromatic N) is 3. The molecule has 1 saturated heterocycles. The van der Waals surface area contributed by atoms with E-state index in [-0.39, 0.29) is 12.2 Å². The fourth-order valence-corrected chi connectivity index (χ4v) is 2.44. The number of hydrogen-bond acceptors (Lipinski definition) is 4. The van der Waals surface area contributed by atoms with E-state index in [2.05, 4.69) is 34.8 Å². The Morgan fingerprint density at radius 2 is 2.28 bits per heavy atom. The summed E-state index contributed by atoms with van der Waals surface area (Å²) in [7, 11) is 0. The largest absolute Gasteiger partial charge is 0.370 e. The van der Waals surface area contributed by atoms with Gasteiger partial charge in [0, 0.05) is 24.8 Å². The molecule has 1 aliphatic rings. The van der Waals surface area contributed by atoms with Crippen molar-refractivity contribution in [2.45, 2.75) is 38.9 Å². The molecule has 2 atom stereocenters. The van der Waals surface area contributed by atoms with Crippen LogP contribution in [0, 0.1) is 0 Å². The number of halogens is 1. The van der Waals surface area contributed by atoms with Gasteiger partial charge in [-0.2, -0.15) is 0 Å². The monoisotopic (exact) mass is 269 g/mol.